The van der Waals surface area contributed by atoms with Crippen LogP contribution in [0.2, 0.25) is 0 Å². The lowest BCUT2D eigenvalue weighted by atomic mass is 9.99. The van der Waals surface area contributed by atoms with Gasteiger partial charge in [-0.25, -0.2) is 0 Å². The monoisotopic (exact) mass is 263 g/mol. The number of rotatable bonds is 4. The van der Waals surface area contributed by atoms with Crippen LogP contribution < -0.4 is 5.73 Å². The van der Waals surface area contributed by atoms with Gasteiger partial charge in [0.25, 0.3) is 5.89 Å². The standard InChI is InChI=1S/C13H17N3O3/c1-17-8-9-4-5-10(18-9)11-15-12(16-19-11)13(14)6-2-3-7-13/h4-5H,2-3,6-8,14H2,1H3. The average Bonchev–Trinajstić information content (AvgIpc) is 3.07. The molecule has 1 aliphatic rings. The van der Waals surface area contributed by atoms with Crippen molar-refractivity contribution in [1.29, 1.82) is 0 Å². The molecule has 1 aliphatic carbocycles. The van der Waals surface area contributed by atoms with Crippen LogP contribution in [0.1, 0.15) is 37.3 Å². The Bertz CT molecular complexity index is 555. The first kappa shape index (κ1) is 12.4. The molecule has 2 heterocycles. The number of nitrogens with zero attached hydrogens (tertiary/aromatic N) is 2. The van der Waals surface area contributed by atoms with Gasteiger partial charge in [-0.05, 0) is 25.0 Å². The van der Waals surface area contributed by atoms with Gasteiger partial charge in [-0.1, -0.05) is 18.0 Å². The van der Waals surface area contributed by atoms with Crippen LogP contribution in [0.25, 0.3) is 11.7 Å². The zero-order valence-electron chi connectivity index (χ0n) is 10.9. The Balaban J connectivity index is 1.84. The minimum absolute atomic E-state index is 0.370. The van der Waals surface area contributed by atoms with E-state index in [0.29, 0.717) is 24.1 Å². The quantitative estimate of drug-likeness (QED) is 0.909. The summed E-state index contributed by atoms with van der Waals surface area (Å²) in [5.41, 5.74) is 5.85. The van der Waals surface area contributed by atoms with E-state index < -0.39 is 5.54 Å². The van der Waals surface area contributed by atoms with Crippen molar-refractivity contribution < 1.29 is 13.7 Å². The molecule has 0 bridgehead atoms. The molecule has 1 fully saturated rings. The van der Waals surface area contributed by atoms with Crippen LogP contribution in [0.15, 0.2) is 21.1 Å². The van der Waals surface area contributed by atoms with Crippen LogP contribution in [0.5, 0.6) is 0 Å². The van der Waals surface area contributed by atoms with E-state index in [1.165, 1.54) is 0 Å². The number of ether oxygens (including phenoxy) is 1. The molecule has 6 heteroatoms. The number of hydrogen-bond donors (Lipinski definition) is 1. The molecule has 0 radical (unpaired) electrons. The summed E-state index contributed by atoms with van der Waals surface area (Å²) in [7, 11) is 1.62. The average molecular weight is 263 g/mol. The van der Waals surface area contributed by atoms with Gasteiger partial charge in [0.2, 0.25) is 0 Å². The molecule has 0 atom stereocenters. The molecule has 0 saturated heterocycles. The summed E-state index contributed by atoms with van der Waals surface area (Å²) in [5, 5.41) is 4.00. The predicted octanol–water partition coefficient (Wildman–Crippen LogP) is 2.20. The molecular weight excluding hydrogens is 246 g/mol. The van der Waals surface area contributed by atoms with E-state index in [9.17, 15) is 0 Å². The Labute approximate surface area is 110 Å². The normalized spacial score (nSPS) is 18.0. The summed E-state index contributed by atoms with van der Waals surface area (Å²) in [5.74, 6) is 2.21. The molecule has 6 nitrogen and oxygen atoms in total. The number of aromatic nitrogens is 2. The molecular formula is C13H17N3O3. The first-order chi connectivity index (χ1) is 9.21. The van der Waals surface area contributed by atoms with Gasteiger partial charge in [0.05, 0.1) is 5.54 Å². The highest BCUT2D eigenvalue weighted by atomic mass is 16.5. The van der Waals surface area contributed by atoms with Crippen LogP contribution >= 0.6 is 0 Å². The zero-order valence-corrected chi connectivity index (χ0v) is 10.9. The van der Waals surface area contributed by atoms with E-state index in [4.69, 9.17) is 19.4 Å². The van der Waals surface area contributed by atoms with Crippen molar-refractivity contribution >= 4 is 0 Å². The topological polar surface area (TPSA) is 87.3 Å². The minimum atomic E-state index is -0.441. The van der Waals surface area contributed by atoms with E-state index in [1.807, 2.05) is 6.07 Å². The minimum Gasteiger partial charge on any atom is -0.453 e. The number of nitrogens with two attached hydrogens (primary N) is 1. The second kappa shape index (κ2) is 4.79. The fourth-order valence-corrected chi connectivity index (χ4v) is 2.47. The smallest absolute Gasteiger partial charge is 0.293 e. The summed E-state index contributed by atoms with van der Waals surface area (Å²) in [6.07, 6.45) is 4.02. The Morgan fingerprint density at radius 2 is 2.16 bits per heavy atom. The second-order valence-corrected chi connectivity index (χ2v) is 4.99. The van der Waals surface area contributed by atoms with Crippen LogP contribution in [0.3, 0.4) is 0 Å². The summed E-state index contributed by atoms with van der Waals surface area (Å²) in [6.45, 7) is 0.418. The van der Waals surface area contributed by atoms with Crippen LogP contribution in [-0.2, 0) is 16.9 Å². The third-order valence-electron chi connectivity index (χ3n) is 3.53. The lowest BCUT2D eigenvalue weighted by Crippen LogP contribution is -2.34. The Morgan fingerprint density at radius 1 is 1.37 bits per heavy atom. The van der Waals surface area contributed by atoms with Crippen molar-refractivity contribution in [2.75, 3.05) is 7.11 Å². The second-order valence-electron chi connectivity index (χ2n) is 4.99. The Kier molecular flexibility index (Phi) is 3.12. The van der Waals surface area contributed by atoms with E-state index in [0.717, 1.165) is 31.4 Å². The predicted molar refractivity (Wildman–Crippen MR) is 67.0 cm³/mol. The molecule has 0 spiro atoms. The molecule has 0 amide bonds. The van der Waals surface area contributed by atoms with Gasteiger partial charge in [0.1, 0.15) is 12.4 Å². The van der Waals surface area contributed by atoms with Crippen LogP contribution in [-0.4, -0.2) is 17.3 Å². The van der Waals surface area contributed by atoms with E-state index >= 15 is 0 Å². The molecule has 2 aromatic rings. The van der Waals surface area contributed by atoms with Gasteiger partial charge in [0, 0.05) is 7.11 Å². The first-order valence-electron chi connectivity index (χ1n) is 6.42. The highest BCUT2D eigenvalue weighted by Gasteiger charge is 2.36. The van der Waals surface area contributed by atoms with E-state index in [-0.39, 0.29) is 0 Å². The van der Waals surface area contributed by atoms with E-state index in [1.54, 1.807) is 13.2 Å². The van der Waals surface area contributed by atoms with Crippen molar-refractivity contribution in [1.82, 2.24) is 10.1 Å². The largest absolute Gasteiger partial charge is 0.453 e. The van der Waals surface area contributed by atoms with Crippen molar-refractivity contribution in [3.63, 3.8) is 0 Å². The molecule has 2 aromatic heterocycles. The van der Waals surface area contributed by atoms with Gasteiger partial charge in [0.15, 0.2) is 11.6 Å². The molecule has 0 unspecified atom stereocenters. The van der Waals surface area contributed by atoms with Gasteiger partial charge in [-0.15, -0.1) is 0 Å². The summed E-state index contributed by atoms with van der Waals surface area (Å²) in [6, 6.07) is 3.62. The summed E-state index contributed by atoms with van der Waals surface area (Å²) < 4.78 is 15.8. The summed E-state index contributed by atoms with van der Waals surface area (Å²) in [4.78, 5) is 4.37. The molecule has 1 saturated carbocycles. The number of methoxy groups -OCH3 is 1. The maximum Gasteiger partial charge on any atom is 0.293 e. The maximum absolute atomic E-state index is 6.29. The first-order valence-corrected chi connectivity index (χ1v) is 6.42. The third-order valence-corrected chi connectivity index (χ3v) is 3.53. The van der Waals surface area contributed by atoms with Gasteiger partial charge in [-0.2, -0.15) is 4.98 Å². The molecule has 0 aliphatic heterocycles. The van der Waals surface area contributed by atoms with Gasteiger partial charge >= 0.3 is 0 Å². The highest BCUT2D eigenvalue weighted by Crippen LogP contribution is 2.35. The van der Waals surface area contributed by atoms with Gasteiger partial charge in [-0.3, -0.25) is 0 Å². The molecule has 2 N–H and O–H groups in total. The third kappa shape index (κ3) is 2.29. The molecule has 0 aromatic carbocycles. The van der Waals surface area contributed by atoms with Crippen molar-refractivity contribution in [2.45, 2.75) is 37.8 Å². The summed E-state index contributed by atoms with van der Waals surface area (Å²) >= 11 is 0. The van der Waals surface area contributed by atoms with Crippen molar-refractivity contribution in [3.8, 4) is 11.7 Å². The fourth-order valence-electron chi connectivity index (χ4n) is 2.47. The number of hydrogen-bond acceptors (Lipinski definition) is 6. The molecule has 102 valence electrons. The van der Waals surface area contributed by atoms with Gasteiger partial charge < -0.3 is 19.4 Å². The van der Waals surface area contributed by atoms with Crippen LogP contribution in [0.4, 0.5) is 0 Å². The maximum atomic E-state index is 6.29. The lowest BCUT2D eigenvalue weighted by molar-refractivity contribution is 0.164. The van der Waals surface area contributed by atoms with E-state index in [2.05, 4.69) is 10.1 Å². The van der Waals surface area contributed by atoms with Crippen molar-refractivity contribution in [3.05, 3.63) is 23.7 Å². The van der Waals surface area contributed by atoms with Crippen molar-refractivity contribution in [2.24, 2.45) is 5.73 Å². The molecule has 19 heavy (non-hydrogen) atoms. The Hall–Kier alpha value is -1.66. The highest BCUT2D eigenvalue weighted by molar-refractivity contribution is 5.44. The lowest BCUT2D eigenvalue weighted by Gasteiger charge is -2.17. The number of furan rings is 1. The zero-order chi connectivity index (χ0) is 13.3. The van der Waals surface area contributed by atoms with Crippen LogP contribution in [0, 0.1) is 0 Å². The SMILES string of the molecule is COCc1ccc(-c2nc(C3(N)CCCC3)no2)o1. The fraction of sp³-hybridized carbons (Fsp3) is 0.538. The molecule has 3 rings (SSSR count). The Morgan fingerprint density at radius 3 is 2.89 bits per heavy atom.